The third-order valence-corrected chi connectivity index (χ3v) is 6.95. The number of carbonyl (C=O) groups is 1. The molecule has 0 spiro atoms. The first-order valence-corrected chi connectivity index (χ1v) is 11.8. The number of nitrogens with zero attached hydrogens (tertiary/aromatic N) is 4. The molecule has 1 N–H and O–H groups in total. The standard InChI is InChI=1S/C25H30FN5O2/c1-16-5-6-21(26)20-7-11-28-24(23(16)20)31(19-4-3-10-27-15-19)25(32)30-12-8-18(9-13-30)22-14-17(2)29-33-22/h5-7,11,14,18-19,27H,3-4,8-10,12-13,15H2,1-2H3/t19-/m1/s1. The second kappa shape index (κ2) is 9.09. The van der Waals surface area contributed by atoms with Crippen LogP contribution in [0.15, 0.2) is 35.0 Å². The quantitative estimate of drug-likeness (QED) is 0.633. The van der Waals surface area contributed by atoms with Crippen LogP contribution < -0.4 is 10.2 Å². The van der Waals surface area contributed by atoms with Crippen molar-refractivity contribution >= 4 is 22.6 Å². The summed E-state index contributed by atoms with van der Waals surface area (Å²) in [4.78, 5) is 22.3. The Bertz CT molecular complexity index is 1150. The van der Waals surface area contributed by atoms with Crippen molar-refractivity contribution in [2.75, 3.05) is 31.1 Å². The number of nitrogens with one attached hydrogen (secondary N) is 1. The average molecular weight is 452 g/mol. The Hall–Kier alpha value is -3.00. The second-order valence-electron chi connectivity index (χ2n) is 9.21. The first-order chi connectivity index (χ1) is 16.0. The van der Waals surface area contributed by atoms with Crippen LogP contribution in [-0.4, -0.2) is 53.3 Å². The Morgan fingerprint density at radius 3 is 2.73 bits per heavy atom. The van der Waals surface area contributed by atoms with Crippen LogP contribution in [0, 0.1) is 19.7 Å². The number of likely N-dealkylation sites (tertiary alicyclic amines) is 1. The smallest absolute Gasteiger partial charge is 0.325 e. The summed E-state index contributed by atoms with van der Waals surface area (Å²) in [5.74, 6) is 1.43. The number of benzene rings is 1. The van der Waals surface area contributed by atoms with Crippen LogP contribution in [-0.2, 0) is 0 Å². The highest BCUT2D eigenvalue weighted by Crippen LogP contribution is 2.34. The van der Waals surface area contributed by atoms with Crippen molar-refractivity contribution in [2.45, 2.75) is 51.5 Å². The van der Waals surface area contributed by atoms with Crippen LogP contribution in [0.1, 0.15) is 48.6 Å². The largest absolute Gasteiger partial charge is 0.361 e. The molecule has 3 aromatic rings. The van der Waals surface area contributed by atoms with E-state index in [2.05, 4.69) is 15.5 Å². The van der Waals surface area contributed by atoms with Gasteiger partial charge in [0.2, 0.25) is 0 Å². The number of fused-ring (bicyclic) bond motifs is 1. The van der Waals surface area contributed by atoms with Gasteiger partial charge in [-0.25, -0.2) is 14.2 Å². The highest BCUT2D eigenvalue weighted by molar-refractivity contribution is 6.03. The van der Waals surface area contributed by atoms with Gasteiger partial charge in [0.15, 0.2) is 0 Å². The fourth-order valence-corrected chi connectivity index (χ4v) is 5.15. The minimum absolute atomic E-state index is 0.0262. The van der Waals surface area contributed by atoms with Gasteiger partial charge in [-0.15, -0.1) is 0 Å². The number of urea groups is 1. The molecule has 4 heterocycles. The summed E-state index contributed by atoms with van der Waals surface area (Å²) >= 11 is 0. The molecule has 33 heavy (non-hydrogen) atoms. The summed E-state index contributed by atoms with van der Waals surface area (Å²) in [6, 6.07) is 6.83. The number of hydrogen-bond acceptors (Lipinski definition) is 5. The van der Waals surface area contributed by atoms with Crippen molar-refractivity contribution in [3.8, 4) is 0 Å². The van der Waals surface area contributed by atoms with E-state index in [0.29, 0.717) is 36.2 Å². The molecular weight excluding hydrogens is 421 g/mol. The Kier molecular flexibility index (Phi) is 6.01. The summed E-state index contributed by atoms with van der Waals surface area (Å²) in [7, 11) is 0. The third-order valence-electron chi connectivity index (χ3n) is 6.95. The van der Waals surface area contributed by atoms with Crippen LogP contribution in [0.3, 0.4) is 0 Å². The van der Waals surface area contributed by atoms with Gasteiger partial charge >= 0.3 is 6.03 Å². The van der Waals surface area contributed by atoms with Crippen LogP contribution >= 0.6 is 0 Å². The zero-order valence-electron chi connectivity index (χ0n) is 19.2. The molecule has 0 unspecified atom stereocenters. The van der Waals surface area contributed by atoms with Crippen LogP contribution in [0.2, 0.25) is 0 Å². The highest BCUT2D eigenvalue weighted by Gasteiger charge is 2.35. The highest BCUT2D eigenvalue weighted by atomic mass is 19.1. The molecule has 2 aromatic heterocycles. The molecular formula is C25H30FN5O2. The van der Waals surface area contributed by atoms with Crippen LogP contribution in [0.5, 0.6) is 0 Å². The summed E-state index contributed by atoms with van der Waals surface area (Å²) in [5, 5.41) is 8.64. The van der Waals surface area contributed by atoms with Crippen molar-refractivity contribution in [1.82, 2.24) is 20.4 Å². The molecule has 5 rings (SSSR count). The molecule has 0 bridgehead atoms. The van der Waals surface area contributed by atoms with Gasteiger partial charge in [0.1, 0.15) is 17.4 Å². The number of aromatic nitrogens is 2. The fourth-order valence-electron chi connectivity index (χ4n) is 5.15. The molecule has 2 saturated heterocycles. The lowest BCUT2D eigenvalue weighted by Gasteiger charge is -2.40. The number of amides is 2. The number of carbonyl (C=O) groups excluding carboxylic acids is 1. The molecule has 0 saturated carbocycles. The van der Waals surface area contributed by atoms with Gasteiger partial charge in [0.25, 0.3) is 0 Å². The topological polar surface area (TPSA) is 74.5 Å². The maximum Gasteiger partial charge on any atom is 0.325 e. The molecule has 2 fully saturated rings. The van der Waals surface area contributed by atoms with Gasteiger partial charge in [-0.2, -0.15) is 0 Å². The summed E-state index contributed by atoms with van der Waals surface area (Å²) < 4.78 is 20.1. The molecule has 8 heteroatoms. The Morgan fingerprint density at radius 2 is 2.03 bits per heavy atom. The van der Waals surface area contributed by atoms with Crippen molar-refractivity contribution < 1.29 is 13.7 Å². The van der Waals surface area contributed by atoms with E-state index in [4.69, 9.17) is 4.52 Å². The minimum Gasteiger partial charge on any atom is -0.361 e. The van der Waals surface area contributed by atoms with E-state index in [9.17, 15) is 9.18 Å². The second-order valence-corrected chi connectivity index (χ2v) is 9.21. The summed E-state index contributed by atoms with van der Waals surface area (Å²) in [6.45, 7) is 6.78. The molecule has 2 aliphatic heterocycles. The predicted octanol–water partition coefficient (Wildman–Crippen LogP) is 4.54. The van der Waals surface area contributed by atoms with E-state index in [-0.39, 0.29) is 23.8 Å². The van der Waals surface area contributed by atoms with E-state index in [1.54, 1.807) is 18.3 Å². The predicted molar refractivity (Wildman–Crippen MR) is 125 cm³/mol. The Labute approximate surface area is 192 Å². The zero-order valence-corrected chi connectivity index (χ0v) is 19.2. The van der Waals surface area contributed by atoms with E-state index in [1.807, 2.05) is 29.7 Å². The Balaban J connectivity index is 1.46. The lowest BCUT2D eigenvalue weighted by atomic mass is 9.94. The lowest BCUT2D eigenvalue weighted by molar-refractivity contribution is 0.178. The van der Waals surface area contributed by atoms with E-state index < -0.39 is 0 Å². The number of rotatable bonds is 3. The molecule has 1 atom stereocenters. The number of anilines is 1. The SMILES string of the molecule is Cc1cc(C2CCN(C(=O)N(c3nccc4c(F)ccc(C)c34)[C@@H]3CCCNC3)CC2)on1. The van der Waals surface area contributed by atoms with Crippen molar-refractivity contribution in [1.29, 1.82) is 0 Å². The molecule has 2 amide bonds. The Morgan fingerprint density at radius 1 is 1.21 bits per heavy atom. The van der Waals surface area contributed by atoms with Crippen molar-refractivity contribution in [3.05, 3.63) is 53.3 Å². The van der Waals surface area contributed by atoms with Gasteiger partial charge < -0.3 is 14.7 Å². The van der Waals surface area contributed by atoms with Gasteiger partial charge in [0, 0.05) is 48.6 Å². The number of aryl methyl sites for hydroxylation is 2. The lowest BCUT2D eigenvalue weighted by Crippen LogP contribution is -2.55. The van der Waals surface area contributed by atoms with Gasteiger partial charge in [0.05, 0.1) is 11.7 Å². The minimum atomic E-state index is -0.295. The van der Waals surface area contributed by atoms with Crippen molar-refractivity contribution in [2.24, 2.45) is 0 Å². The number of halogens is 1. The molecule has 7 nitrogen and oxygen atoms in total. The monoisotopic (exact) mass is 451 g/mol. The molecule has 2 aliphatic rings. The molecule has 0 aliphatic carbocycles. The maximum atomic E-state index is 14.6. The van der Waals surface area contributed by atoms with E-state index in [0.717, 1.165) is 49.2 Å². The number of piperidine rings is 2. The van der Waals surface area contributed by atoms with E-state index in [1.165, 1.54) is 6.07 Å². The van der Waals surface area contributed by atoms with E-state index >= 15 is 0 Å². The summed E-state index contributed by atoms with van der Waals surface area (Å²) in [5.41, 5.74) is 1.79. The van der Waals surface area contributed by atoms with Crippen LogP contribution in [0.4, 0.5) is 15.0 Å². The van der Waals surface area contributed by atoms with Gasteiger partial charge in [-0.05, 0) is 63.8 Å². The number of pyridine rings is 1. The zero-order chi connectivity index (χ0) is 22.9. The molecule has 0 radical (unpaired) electrons. The van der Waals surface area contributed by atoms with Gasteiger partial charge in [-0.1, -0.05) is 11.2 Å². The summed E-state index contributed by atoms with van der Waals surface area (Å²) in [6.07, 6.45) is 5.13. The first kappa shape index (κ1) is 21.8. The number of hydrogen-bond donors (Lipinski definition) is 1. The third kappa shape index (κ3) is 4.19. The van der Waals surface area contributed by atoms with Crippen molar-refractivity contribution in [3.63, 3.8) is 0 Å². The first-order valence-electron chi connectivity index (χ1n) is 11.8. The maximum absolute atomic E-state index is 14.6. The normalized spacial score (nSPS) is 19.7. The molecule has 174 valence electrons. The van der Waals surface area contributed by atoms with Crippen LogP contribution in [0.25, 0.3) is 10.8 Å². The average Bonchev–Trinajstić information content (AvgIpc) is 3.29. The van der Waals surface area contributed by atoms with Gasteiger partial charge in [-0.3, -0.25) is 4.90 Å². The fraction of sp³-hybridized carbons (Fsp3) is 0.480. The molecule has 1 aromatic carbocycles.